The summed E-state index contributed by atoms with van der Waals surface area (Å²) in [5.74, 6) is 2.10. The molecule has 2 fully saturated rings. The summed E-state index contributed by atoms with van der Waals surface area (Å²) in [7, 11) is 0. The van der Waals surface area contributed by atoms with Gasteiger partial charge in [-0.1, -0.05) is 19.3 Å². The van der Waals surface area contributed by atoms with Crippen molar-refractivity contribution in [1.29, 1.82) is 0 Å². The van der Waals surface area contributed by atoms with E-state index in [9.17, 15) is 4.79 Å². The fourth-order valence-electron chi connectivity index (χ4n) is 3.83. The normalized spacial score (nSPS) is 19.5. The molecule has 0 bridgehead atoms. The summed E-state index contributed by atoms with van der Waals surface area (Å²) >= 11 is 0. The first-order valence-electron chi connectivity index (χ1n) is 9.86. The Morgan fingerprint density at radius 1 is 1.04 bits per heavy atom. The molecular weight excluding hydrogens is 314 g/mol. The van der Waals surface area contributed by atoms with Crippen LogP contribution in [0.15, 0.2) is 12.4 Å². The second-order valence-corrected chi connectivity index (χ2v) is 7.41. The van der Waals surface area contributed by atoms with Crippen molar-refractivity contribution in [2.24, 2.45) is 11.8 Å². The Balaban J connectivity index is 1.37. The molecule has 1 aliphatic carbocycles. The first-order chi connectivity index (χ1) is 12.3. The second-order valence-electron chi connectivity index (χ2n) is 7.41. The van der Waals surface area contributed by atoms with E-state index in [1.165, 1.54) is 44.9 Å². The van der Waals surface area contributed by atoms with Gasteiger partial charge in [0.1, 0.15) is 11.5 Å². The Morgan fingerprint density at radius 2 is 1.84 bits per heavy atom. The van der Waals surface area contributed by atoms with Crippen LogP contribution in [0.3, 0.4) is 0 Å². The van der Waals surface area contributed by atoms with Gasteiger partial charge in [-0.15, -0.1) is 0 Å². The van der Waals surface area contributed by atoms with Crippen molar-refractivity contribution in [3.05, 3.63) is 18.1 Å². The van der Waals surface area contributed by atoms with Crippen molar-refractivity contribution in [2.75, 3.05) is 31.5 Å². The third-order valence-corrected chi connectivity index (χ3v) is 5.48. The highest BCUT2D eigenvalue weighted by Gasteiger charge is 2.15. The van der Waals surface area contributed by atoms with Crippen LogP contribution in [0.1, 0.15) is 61.9 Å². The lowest BCUT2D eigenvalue weighted by Crippen LogP contribution is -2.31. The van der Waals surface area contributed by atoms with Crippen molar-refractivity contribution in [3.8, 4) is 0 Å². The van der Waals surface area contributed by atoms with Gasteiger partial charge >= 0.3 is 0 Å². The van der Waals surface area contributed by atoms with Gasteiger partial charge in [0.15, 0.2) is 0 Å². The van der Waals surface area contributed by atoms with Crippen LogP contribution < -0.4 is 16.0 Å². The summed E-state index contributed by atoms with van der Waals surface area (Å²) in [4.78, 5) is 20.8. The number of nitrogens with one attached hydrogen (secondary N) is 3. The minimum atomic E-state index is -0.125. The smallest absolute Gasteiger partial charge is 0.271 e. The Bertz CT molecular complexity index is 521. The van der Waals surface area contributed by atoms with E-state index in [1.54, 1.807) is 12.4 Å². The molecule has 2 heterocycles. The van der Waals surface area contributed by atoms with E-state index in [1.807, 2.05) is 0 Å². The van der Waals surface area contributed by atoms with Crippen molar-refractivity contribution in [1.82, 2.24) is 20.6 Å². The lowest BCUT2D eigenvalue weighted by atomic mass is 9.89. The first kappa shape index (κ1) is 18.1. The van der Waals surface area contributed by atoms with Crippen molar-refractivity contribution >= 4 is 11.7 Å². The molecule has 6 nitrogen and oxygen atoms in total. The number of hydrogen-bond acceptors (Lipinski definition) is 5. The Kier molecular flexibility index (Phi) is 7.03. The summed E-state index contributed by atoms with van der Waals surface area (Å²) < 4.78 is 0. The first-order valence-corrected chi connectivity index (χ1v) is 9.86. The lowest BCUT2D eigenvalue weighted by Gasteiger charge is -2.22. The molecule has 3 rings (SSSR count). The summed E-state index contributed by atoms with van der Waals surface area (Å²) in [6.45, 7) is 3.86. The van der Waals surface area contributed by atoms with E-state index in [0.717, 1.165) is 43.7 Å². The molecule has 1 aliphatic heterocycles. The summed E-state index contributed by atoms with van der Waals surface area (Å²) in [5, 5.41) is 9.69. The Labute approximate surface area is 150 Å². The van der Waals surface area contributed by atoms with E-state index >= 15 is 0 Å². The molecule has 0 spiro atoms. The Hall–Kier alpha value is -1.69. The van der Waals surface area contributed by atoms with Gasteiger partial charge in [-0.2, -0.15) is 0 Å². The highest BCUT2D eigenvalue weighted by molar-refractivity contribution is 5.91. The molecule has 1 aromatic heterocycles. The zero-order valence-electron chi connectivity index (χ0n) is 15.1. The van der Waals surface area contributed by atoms with Crippen LogP contribution in [-0.4, -0.2) is 42.1 Å². The average molecular weight is 345 g/mol. The standard InChI is InChI=1S/C19H31N5O/c25-19(21-11-8-15-6-9-20-10-7-15)17-13-24-18(14-22-17)23-12-16-4-2-1-3-5-16/h13-16,20H,1-12H2,(H,21,25)(H,23,24). The average Bonchev–Trinajstić information content (AvgIpc) is 2.68. The van der Waals surface area contributed by atoms with Crippen LogP contribution in [0, 0.1) is 11.8 Å². The zero-order valence-corrected chi connectivity index (χ0v) is 15.1. The van der Waals surface area contributed by atoms with Gasteiger partial charge in [-0.25, -0.2) is 9.97 Å². The molecule has 0 unspecified atom stereocenters. The summed E-state index contributed by atoms with van der Waals surface area (Å²) in [5.41, 5.74) is 0.397. The van der Waals surface area contributed by atoms with Gasteiger partial charge in [-0.05, 0) is 57.0 Å². The molecule has 0 aromatic carbocycles. The van der Waals surface area contributed by atoms with E-state index in [2.05, 4.69) is 25.9 Å². The highest BCUT2D eigenvalue weighted by atomic mass is 16.1. The topological polar surface area (TPSA) is 78.9 Å². The summed E-state index contributed by atoms with van der Waals surface area (Å²) in [6, 6.07) is 0. The number of carbonyl (C=O) groups is 1. The van der Waals surface area contributed by atoms with Crippen LogP contribution in [0.25, 0.3) is 0 Å². The maximum Gasteiger partial charge on any atom is 0.271 e. The van der Waals surface area contributed by atoms with Crippen LogP contribution in [0.4, 0.5) is 5.82 Å². The molecule has 6 heteroatoms. The molecule has 1 saturated heterocycles. The minimum Gasteiger partial charge on any atom is -0.369 e. The van der Waals surface area contributed by atoms with Gasteiger partial charge in [-0.3, -0.25) is 4.79 Å². The third-order valence-electron chi connectivity index (χ3n) is 5.48. The number of aromatic nitrogens is 2. The molecule has 0 atom stereocenters. The van der Waals surface area contributed by atoms with E-state index in [0.29, 0.717) is 12.2 Å². The van der Waals surface area contributed by atoms with Crippen LogP contribution in [0.5, 0.6) is 0 Å². The largest absolute Gasteiger partial charge is 0.369 e. The third kappa shape index (κ3) is 5.96. The predicted octanol–water partition coefficient (Wildman–Crippen LogP) is 2.59. The van der Waals surface area contributed by atoms with Gasteiger partial charge < -0.3 is 16.0 Å². The monoisotopic (exact) mass is 345 g/mol. The SMILES string of the molecule is O=C(NCCC1CCNCC1)c1cnc(NCC2CCCCC2)cn1. The fourth-order valence-corrected chi connectivity index (χ4v) is 3.83. The lowest BCUT2D eigenvalue weighted by molar-refractivity contribution is 0.0945. The molecule has 2 aliphatic rings. The van der Waals surface area contributed by atoms with Gasteiger partial charge in [0.2, 0.25) is 0 Å². The van der Waals surface area contributed by atoms with Crippen molar-refractivity contribution in [3.63, 3.8) is 0 Å². The highest BCUT2D eigenvalue weighted by Crippen LogP contribution is 2.23. The van der Waals surface area contributed by atoms with E-state index in [4.69, 9.17) is 0 Å². The van der Waals surface area contributed by atoms with Crippen molar-refractivity contribution in [2.45, 2.75) is 51.4 Å². The maximum atomic E-state index is 12.2. The molecule has 138 valence electrons. The number of rotatable bonds is 7. The quantitative estimate of drug-likeness (QED) is 0.708. The van der Waals surface area contributed by atoms with Crippen LogP contribution in [-0.2, 0) is 0 Å². The summed E-state index contributed by atoms with van der Waals surface area (Å²) in [6.07, 6.45) is 13.4. The molecule has 1 amide bonds. The Morgan fingerprint density at radius 3 is 2.56 bits per heavy atom. The number of piperidine rings is 1. The number of carbonyl (C=O) groups excluding carboxylic acids is 1. The number of anilines is 1. The number of hydrogen-bond donors (Lipinski definition) is 3. The second kappa shape index (κ2) is 9.70. The van der Waals surface area contributed by atoms with E-state index < -0.39 is 0 Å². The fraction of sp³-hybridized carbons (Fsp3) is 0.737. The van der Waals surface area contributed by atoms with Gasteiger partial charge in [0.25, 0.3) is 5.91 Å². The maximum absolute atomic E-state index is 12.2. The van der Waals surface area contributed by atoms with Gasteiger partial charge in [0, 0.05) is 13.1 Å². The molecule has 0 radical (unpaired) electrons. The zero-order chi connectivity index (χ0) is 17.3. The number of nitrogens with zero attached hydrogens (tertiary/aromatic N) is 2. The predicted molar refractivity (Wildman–Crippen MR) is 99.6 cm³/mol. The van der Waals surface area contributed by atoms with Crippen molar-refractivity contribution < 1.29 is 4.79 Å². The number of amides is 1. The molecule has 1 saturated carbocycles. The molecule has 3 N–H and O–H groups in total. The van der Waals surface area contributed by atoms with E-state index in [-0.39, 0.29) is 5.91 Å². The van der Waals surface area contributed by atoms with Gasteiger partial charge in [0.05, 0.1) is 12.4 Å². The molecular formula is C19H31N5O. The van der Waals surface area contributed by atoms with Crippen LogP contribution in [0.2, 0.25) is 0 Å². The molecule has 25 heavy (non-hydrogen) atoms. The van der Waals surface area contributed by atoms with Crippen LogP contribution >= 0.6 is 0 Å². The molecule has 1 aromatic rings. The minimum absolute atomic E-state index is 0.125.